The zero-order valence-electron chi connectivity index (χ0n) is 10.9. The van der Waals surface area contributed by atoms with E-state index in [2.05, 4.69) is 35.8 Å². The molecule has 0 saturated carbocycles. The molecule has 1 saturated heterocycles. The molecule has 94 valence electrons. The first-order valence-electron chi connectivity index (χ1n) is 6.48. The summed E-state index contributed by atoms with van der Waals surface area (Å²) in [7, 11) is 0. The van der Waals surface area contributed by atoms with Gasteiger partial charge in [0.1, 0.15) is 0 Å². The molecule has 0 radical (unpaired) electrons. The number of hydrogen-bond acceptors (Lipinski definition) is 3. The van der Waals surface area contributed by atoms with E-state index in [1.54, 1.807) is 0 Å². The number of nitrogens with zero attached hydrogens (tertiary/aromatic N) is 2. The van der Waals surface area contributed by atoms with E-state index in [0.717, 1.165) is 24.7 Å². The van der Waals surface area contributed by atoms with Gasteiger partial charge in [-0.1, -0.05) is 13.8 Å². The van der Waals surface area contributed by atoms with Crippen molar-refractivity contribution in [2.24, 2.45) is 5.92 Å². The summed E-state index contributed by atoms with van der Waals surface area (Å²) in [6, 6.07) is 8.20. The Morgan fingerprint density at radius 3 is 2.18 bits per heavy atom. The number of nitrogens with two attached hydrogens (primary N) is 1. The van der Waals surface area contributed by atoms with Gasteiger partial charge in [-0.2, -0.15) is 0 Å². The topological polar surface area (TPSA) is 32.5 Å². The molecule has 1 fully saturated rings. The summed E-state index contributed by atoms with van der Waals surface area (Å²) < 4.78 is 0. The average molecular weight is 233 g/mol. The van der Waals surface area contributed by atoms with Gasteiger partial charge >= 0.3 is 0 Å². The van der Waals surface area contributed by atoms with E-state index in [4.69, 9.17) is 5.73 Å². The Labute approximate surface area is 104 Å². The molecule has 0 spiro atoms. The molecule has 1 aliphatic heterocycles. The monoisotopic (exact) mass is 233 g/mol. The number of rotatable bonds is 3. The Hall–Kier alpha value is -1.22. The van der Waals surface area contributed by atoms with E-state index < -0.39 is 0 Å². The van der Waals surface area contributed by atoms with Gasteiger partial charge in [0.25, 0.3) is 0 Å². The molecule has 2 N–H and O–H groups in total. The van der Waals surface area contributed by atoms with Gasteiger partial charge in [-0.3, -0.25) is 4.90 Å². The molecule has 1 aromatic rings. The Morgan fingerprint density at radius 2 is 1.65 bits per heavy atom. The average Bonchev–Trinajstić information content (AvgIpc) is 2.30. The highest BCUT2D eigenvalue weighted by atomic mass is 15.3. The van der Waals surface area contributed by atoms with Crippen LogP contribution in [-0.4, -0.2) is 37.6 Å². The zero-order valence-corrected chi connectivity index (χ0v) is 10.9. The number of piperazine rings is 1. The molecule has 0 amide bonds. The minimum atomic E-state index is 0.762. The van der Waals surface area contributed by atoms with E-state index in [9.17, 15) is 0 Å². The minimum absolute atomic E-state index is 0.762. The van der Waals surface area contributed by atoms with Gasteiger partial charge in [0.15, 0.2) is 0 Å². The summed E-state index contributed by atoms with van der Waals surface area (Å²) in [5.74, 6) is 0.762. The molecule has 3 nitrogen and oxygen atoms in total. The van der Waals surface area contributed by atoms with Crippen LogP contribution in [-0.2, 0) is 0 Å². The van der Waals surface area contributed by atoms with Crippen molar-refractivity contribution in [3.63, 3.8) is 0 Å². The predicted octanol–water partition coefficient (Wildman–Crippen LogP) is 2.05. The van der Waals surface area contributed by atoms with E-state index in [-0.39, 0.29) is 0 Å². The van der Waals surface area contributed by atoms with Crippen LogP contribution in [0.5, 0.6) is 0 Å². The van der Waals surface area contributed by atoms with Gasteiger partial charge in [-0.05, 0) is 30.2 Å². The highest BCUT2D eigenvalue weighted by Crippen LogP contribution is 2.18. The summed E-state index contributed by atoms with van der Waals surface area (Å²) in [4.78, 5) is 4.99. The Bertz CT molecular complexity index is 337. The fourth-order valence-electron chi connectivity index (χ4n) is 2.39. The number of benzene rings is 1. The van der Waals surface area contributed by atoms with Gasteiger partial charge in [-0.25, -0.2) is 0 Å². The maximum atomic E-state index is 5.71. The maximum Gasteiger partial charge on any atom is 0.0368 e. The molecule has 2 rings (SSSR count). The highest BCUT2D eigenvalue weighted by molar-refractivity contribution is 5.53. The third kappa shape index (κ3) is 3.37. The fourth-order valence-corrected chi connectivity index (χ4v) is 2.39. The van der Waals surface area contributed by atoms with E-state index in [0.29, 0.717) is 0 Å². The molecular weight excluding hydrogens is 210 g/mol. The molecular formula is C14H23N3. The molecule has 1 aromatic carbocycles. The van der Waals surface area contributed by atoms with Crippen LogP contribution in [0.4, 0.5) is 11.4 Å². The minimum Gasteiger partial charge on any atom is -0.399 e. The van der Waals surface area contributed by atoms with Crippen LogP contribution in [0.25, 0.3) is 0 Å². The van der Waals surface area contributed by atoms with Crippen LogP contribution in [0.3, 0.4) is 0 Å². The third-order valence-corrected chi connectivity index (χ3v) is 3.25. The summed E-state index contributed by atoms with van der Waals surface area (Å²) in [5.41, 5.74) is 7.84. The van der Waals surface area contributed by atoms with Crippen molar-refractivity contribution in [1.29, 1.82) is 0 Å². The molecule has 0 bridgehead atoms. The van der Waals surface area contributed by atoms with Crippen molar-refractivity contribution < 1.29 is 0 Å². The predicted molar refractivity (Wildman–Crippen MR) is 74.3 cm³/mol. The smallest absolute Gasteiger partial charge is 0.0368 e. The van der Waals surface area contributed by atoms with Crippen LogP contribution in [0.15, 0.2) is 24.3 Å². The maximum absolute atomic E-state index is 5.71. The largest absolute Gasteiger partial charge is 0.399 e. The van der Waals surface area contributed by atoms with Gasteiger partial charge < -0.3 is 10.6 Å². The van der Waals surface area contributed by atoms with Crippen LogP contribution in [0.1, 0.15) is 13.8 Å². The molecule has 0 unspecified atom stereocenters. The third-order valence-electron chi connectivity index (χ3n) is 3.25. The van der Waals surface area contributed by atoms with Gasteiger partial charge in [0.2, 0.25) is 0 Å². The molecule has 0 aromatic heterocycles. The van der Waals surface area contributed by atoms with Crippen molar-refractivity contribution in [2.75, 3.05) is 43.4 Å². The normalized spacial score (nSPS) is 17.7. The summed E-state index contributed by atoms with van der Waals surface area (Å²) in [5, 5.41) is 0. The first-order chi connectivity index (χ1) is 8.15. The van der Waals surface area contributed by atoms with Crippen LogP contribution in [0.2, 0.25) is 0 Å². The van der Waals surface area contributed by atoms with Crippen LogP contribution >= 0.6 is 0 Å². The van der Waals surface area contributed by atoms with E-state index in [1.165, 1.54) is 25.3 Å². The summed E-state index contributed by atoms with van der Waals surface area (Å²) in [6.07, 6.45) is 0. The first-order valence-corrected chi connectivity index (χ1v) is 6.48. The van der Waals surface area contributed by atoms with Gasteiger partial charge in [-0.15, -0.1) is 0 Å². The number of hydrogen-bond donors (Lipinski definition) is 1. The van der Waals surface area contributed by atoms with Crippen LogP contribution < -0.4 is 10.6 Å². The van der Waals surface area contributed by atoms with Crippen LogP contribution in [0, 0.1) is 5.92 Å². The standard InChI is InChI=1S/C14H23N3/c1-12(2)11-16-7-9-17(10-8-16)14-5-3-13(15)4-6-14/h3-6,12H,7-11,15H2,1-2H3. The van der Waals surface area contributed by atoms with Gasteiger partial charge in [0, 0.05) is 44.1 Å². The quantitative estimate of drug-likeness (QED) is 0.811. The zero-order chi connectivity index (χ0) is 12.3. The molecule has 0 aliphatic carbocycles. The molecule has 1 aliphatic rings. The van der Waals surface area contributed by atoms with Gasteiger partial charge in [0.05, 0.1) is 0 Å². The summed E-state index contributed by atoms with van der Waals surface area (Å²) >= 11 is 0. The second kappa shape index (κ2) is 5.41. The second-order valence-corrected chi connectivity index (χ2v) is 5.27. The lowest BCUT2D eigenvalue weighted by atomic mass is 10.2. The first kappa shape index (κ1) is 12.2. The molecule has 3 heteroatoms. The Kier molecular flexibility index (Phi) is 3.89. The van der Waals surface area contributed by atoms with E-state index >= 15 is 0 Å². The second-order valence-electron chi connectivity index (χ2n) is 5.27. The van der Waals surface area contributed by atoms with E-state index in [1.807, 2.05) is 12.1 Å². The lowest BCUT2D eigenvalue weighted by Crippen LogP contribution is -2.47. The lowest BCUT2D eigenvalue weighted by molar-refractivity contribution is 0.231. The number of nitrogen functional groups attached to an aromatic ring is 1. The van der Waals surface area contributed by atoms with Crippen molar-refractivity contribution in [3.8, 4) is 0 Å². The lowest BCUT2D eigenvalue weighted by Gasteiger charge is -2.36. The van der Waals surface area contributed by atoms with Crippen molar-refractivity contribution >= 4 is 11.4 Å². The SMILES string of the molecule is CC(C)CN1CCN(c2ccc(N)cc2)CC1. The Balaban J connectivity index is 1.88. The van der Waals surface area contributed by atoms with Crippen molar-refractivity contribution in [3.05, 3.63) is 24.3 Å². The Morgan fingerprint density at radius 1 is 1.06 bits per heavy atom. The van der Waals surface area contributed by atoms with Crippen molar-refractivity contribution in [2.45, 2.75) is 13.8 Å². The van der Waals surface area contributed by atoms with Crippen molar-refractivity contribution in [1.82, 2.24) is 4.90 Å². The number of anilines is 2. The molecule has 0 atom stereocenters. The summed E-state index contributed by atoms with van der Waals surface area (Å²) in [6.45, 7) is 10.4. The molecule has 17 heavy (non-hydrogen) atoms. The highest BCUT2D eigenvalue weighted by Gasteiger charge is 2.17. The molecule has 1 heterocycles. The fraction of sp³-hybridized carbons (Fsp3) is 0.571.